The molecule has 0 unspecified atom stereocenters. The van der Waals surface area contributed by atoms with Crippen molar-refractivity contribution in [2.75, 3.05) is 0 Å². The van der Waals surface area contributed by atoms with Gasteiger partial charge in [0.2, 0.25) is 0 Å². The molecule has 0 aliphatic heterocycles. The van der Waals surface area contributed by atoms with Gasteiger partial charge in [-0.15, -0.1) is 0 Å². The van der Waals surface area contributed by atoms with Crippen LogP contribution in [0.15, 0.2) is 70.6 Å². The molecule has 0 aliphatic rings. The largest absolute Gasteiger partial charge is 0.293 e. The van der Waals surface area contributed by atoms with Crippen molar-refractivity contribution < 1.29 is 9.59 Å². The van der Waals surface area contributed by atoms with E-state index in [-0.39, 0.29) is 11.6 Å². The van der Waals surface area contributed by atoms with Crippen molar-refractivity contribution in [3.63, 3.8) is 0 Å². The molecule has 6 nitrogen and oxygen atoms in total. The van der Waals surface area contributed by atoms with Gasteiger partial charge in [0.15, 0.2) is 11.6 Å². The van der Waals surface area contributed by atoms with Crippen LogP contribution in [0.1, 0.15) is 93.4 Å². The molecule has 6 heteroatoms. The Morgan fingerprint density at radius 2 is 0.878 bits per heavy atom. The Morgan fingerprint density at radius 1 is 0.561 bits per heavy atom. The van der Waals surface area contributed by atoms with Crippen LogP contribution in [0.4, 0.5) is 11.4 Å². The Bertz CT molecular complexity index is 1560. The van der Waals surface area contributed by atoms with Crippen molar-refractivity contribution in [2.24, 2.45) is 9.98 Å². The third-order valence-corrected chi connectivity index (χ3v) is 7.03. The zero-order valence-electron chi connectivity index (χ0n) is 25.1. The molecular weight excluding hydrogens is 508 g/mol. The highest BCUT2D eigenvalue weighted by molar-refractivity contribution is 6.01. The number of ketones is 2. The summed E-state index contributed by atoms with van der Waals surface area (Å²) in [4.78, 5) is 42.2. The zero-order chi connectivity index (χ0) is 29.8. The van der Waals surface area contributed by atoms with E-state index in [0.29, 0.717) is 22.8 Å². The van der Waals surface area contributed by atoms with Crippen LogP contribution < -0.4 is 0 Å². The molecule has 0 bridgehead atoms. The van der Waals surface area contributed by atoms with Crippen LogP contribution in [-0.4, -0.2) is 33.0 Å². The third kappa shape index (κ3) is 6.95. The maximum absolute atomic E-state index is 11.8. The normalized spacial score (nSPS) is 12.0. The highest BCUT2D eigenvalue weighted by atomic mass is 16.1. The van der Waals surface area contributed by atoms with E-state index in [1.54, 1.807) is 12.1 Å². The van der Waals surface area contributed by atoms with Gasteiger partial charge in [0, 0.05) is 13.8 Å². The first-order chi connectivity index (χ1) is 19.4. The Labute approximate surface area is 242 Å². The van der Waals surface area contributed by atoms with Crippen LogP contribution >= 0.6 is 0 Å². The fourth-order valence-electron chi connectivity index (χ4n) is 5.00. The minimum atomic E-state index is -0.0618. The summed E-state index contributed by atoms with van der Waals surface area (Å²) in [6.45, 7) is 15.2. The number of Topliss-reactive ketones (excluding diaryl/α,β-unsaturated/α-hetero) is 2. The lowest BCUT2D eigenvalue weighted by Gasteiger charge is -2.13. The van der Waals surface area contributed by atoms with E-state index in [0.717, 1.165) is 51.5 Å². The summed E-state index contributed by atoms with van der Waals surface area (Å²) in [6.07, 6.45) is 0.791. The Balaban J connectivity index is 1.59. The van der Waals surface area contributed by atoms with Gasteiger partial charge in [-0.1, -0.05) is 36.4 Å². The predicted octanol–water partition coefficient (Wildman–Crippen LogP) is 7.99. The number of carbonyl (C=O) groups excluding carboxylic acids is 2. The van der Waals surface area contributed by atoms with Crippen molar-refractivity contribution >= 4 is 34.4 Å². The van der Waals surface area contributed by atoms with E-state index >= 15 is 0 Å². The monoisotopic (exact) mass is 544 g/mol. The molecule has 2 heterocycles. The molecule has 0 saturated heterocycles. The van der Waals surface area contributed by atoms with Gasteiger partial charge in [0.1, 0.15) is 11.4 Å². The van der Waals surface area contributed by atoms with Gasteiger partial charge in [-0.2, -0.15) is 0 Å². The minimum Gasteiger partial charge on any atom is -0.293 e. The molecule has 0 aliphatic carbocycles. The number of aryl methyl sites for hydroxylation is 4. The van der Waals surface area contributed by atoms with E-state index < -0.39 is 0 Å². The minimum absolute atomic E-state index is 0.0618. The van der Waals surface area contributed by atoms with Gasteiger partial charge in [-0.3, -0.25) is 19.6 Å². The van der Waals surface area contributed by atoms with Gasteiger partial charge >= 0.3 is 0 Å². The molecule has 0 atom stereocenters. The fraction of sp³-hybridized carbons (Fsp3) is 0.257. The van der Waals surface area contributed by atoms with Gasteiger partial charge in [0.25, 0.3) is 0 Å². The number of carbonyl (C=O) groups is 2. The first-order valence-electron chi connectivity index (χ1n) is 13.7. The average Bonchev–Trinajstić information content (AvgIpc) is 2.92. The maximum atomic E-state index is 11.8. The van der Waals surface area contributed by atoms with E-state index in [1.165, 1.54) is 25.0 Å². The smallest absolute Gasteiger partial charge is 0.178 e. The molecule has 208 valence electrons. The second-order valence-electron chi connectivity index (χ2n) is 10.7. The van der Waals surface area contributed by atoms with Crippen molar-refractivity contribution in [1.29, 1.82) is 0 Å². The third-order valence-electron chi connectivity index (χ3n) is 7.03. The van der Waals surface area contributed by atoms with Crippen molar-refractivity contribution in [3.8, 4) is 0 Å². The first-order valence-corrected chi connectivity index (χ1v) is 13.7. The number of aliphatic imine (C=N–C) groups is 2. The lowest BCUT2D eigenvalue weighted by molar-refractivity contribution is 0.100. The Morgan fingerprint density at radius 3 is 1.20 bits per heavy atom. The van der Waals surface area contributed by atoms with E-state index in [2.05, 4.69) is 61.9 Å². The van der Waals surface area contributed by atoms with E-state index in [4.69, 9.17) is 9.98 Å². The highest BCUT2D eigenvalue weighted by Crippen LogP contribution is 2.30. The highest BCUT2D eigenvalue weighted by Gasteiger charge is 2.12. The number of hydrogen-bond donors (Lipinski definition) is 0. The number of rotatable bonds is 8. The van der Waals surface area contributed by atoms with Gasteiger partial charge in [0.05, 0.1) is 34.2 Å². The van der Waals surface area contributed by atoms with E-state index in [9.17, 15) is 9.59 Å². The lowest BCUT2D eigenvalue weighted by atomic mass is 9.96. The molecule has 2 aromatic carbocycles. The number of pyridine rings is 2. The summed E-state index contributed by atoms with van der Waals surface area (Å²) < 4.78 is 0. The van der Waals surface area contributed by atoms with Crippen LogP contribution in [0, 0.1) is 27.7 Å². The summed E-state index contributed by atoms with van der Waals surface area (Å²) >= 11 is 0. The van der Waals surface area contributed by atoms with Crippen molar-refractivity contribution in [3.05, 3.63) is 117 Å². The molecule has 0 N–H and O–H groups in total. The molecule has 2 aromatic heterocycles. The predicted molar refractivity (Wildman–Crippen MR) is 167 cm³/mol. The molecule has 0 fully saturated rings. The van der Waals surface area contributed by atoms with Crippen LogP contribution in [0.2, 0.25) is 0 Å². The molecule has 4 rings (SSSR count). The summed E-state index contributed by atoms with van der Waals surface area (Å²) in [5.41, 5.74) is 12.5. The summed E-state index contributed by atoms with van der Waals surface area (Å²) in [5, 5.41) is 0. The second kappa shape index (κ2) is 12.3. The molecule has 41 heavy (non-hydrogen) atoms. The maximum Gasteiger partial charge on any atom is 0.178 e. The van der Waals surface area contributed by atoms with Crippen LogP contribution in [-0.2, 0) is 6.42 Å². The number of benzene rings is 2. The van der Waals surface area contributed by atoms with Crippen LogP contribution in [0.5, 0.6) is 0 Å². The standard InChI is InChI=1S/C35H36N4O2/c1-20-15-28(16-21(2)34(20)36-24(5)30-11-9-13-32(38-30)26(7)40)19-29-17-22(3)35(23(4)18-29)37-25(6)31-12-10-14-33(39-31)27(8)41/h9-18H,19H2,1-8H3/b36-24+,37-25+. The Kier molecular flexibility index (Phi) is 8.82. The first kappa shape index (κ1) is 29.4. The zero-order valence-corrected chi connectivity index (χ0v) is 25.1. The number of nitrogens with zero attached hydrogens (tertiary/aromatic N) is 4. The SMILES string of the molecule is CC(=O)c1cccc(/C(C)=N/c2c(C)cc(Cc3cc(C)c(/N=C(\C)c4cccc(C(C)=O)n4)c(C)c3)cc2C)n1. The second-order valence-corrected chi connectivity index (χ2v) is 10.7. The summed E-state index contributed by atoms with van der Waals surface area (Å²) in [6, 6.07) is 19.6. The quantitative estimate of drug-likeness (QED) is 0.166. The number of hydrogen-bond acceptors (Lipinski definition) is 6. The van der Waals surface area contributed by atoms with Crippen molar-refractivity contribution in [2.45, 2.75) is 61.8 Å². The topological polar surface area (TPSA) is 84.6 Å². The van der Waals surface area contributed by atoms with Crippen LogP contribution in [0.25, 0.3) is 0 Å². The van der Waals surface area contributed by atoms with Gasteiger partial charge in [-0.05, 0) is 106 Å². The molecule has 0 spiro atoms. The van der Waals surface area contributed by atoms with Crippen molar-refractivity contribution in [1.82, 2.24) is 9.97 Å². The molecule has 0 saturated carbocycles. The summed E-state index contributed by atoms with van der Waals surface area (Å²) in [5.74, 6) is -0.124. The van der Waals surface area contributed by atoms with E-state index in [1.807, 2.05) is 38.1 Å². The molecular formula is C35H36N4O2. The van der Waals surface area contributed by atoms with Gasteiger partial charge < -0.3 is 0 Å². The summed E-state index contributed by atoms with van der Waals surface area (Å²) in [7, 11) is 0. The lowest BCUT2D eigenvalue weighted by Crippen LogP contribution is -2.04. The number of aromatic nitrogens is 2. The fourth-order valence-corrected chi connectivity index (χ4v) is 5.00. The molecule has 4 aromatic rings. The average molecular weight is 545 g/mol. The molecule has 0 amide bonds. The van der Waals surface area contributed by atoms with Gasteiger partial charge in [-0.25, -0.2) is 9.97 Å². The molecule has 0 radical (unpaired) electrons. The van der Waals surface area contributed by atoms with Crippen LogP contribution in [0.3, 0.4) is 0 Å². The Hall–Kier alpha value is -4.58.